The first-order valence-electron chi connectivity index (χ1n) is 10.5. The third-order valence-electron chi connectivity index (χ3n) is 6.27. The lowest BCUT2D eigenvalue weighted by atomic mass is 9.78. The van der Waals surface area contributed by atoms with Crippen molar-refractivity contribution in [3.8, 4) is 0 Å². The molecule has 1 aliphatic carbocycles. The van der Waals surface area contributed by atoms with Crippen LogP contribution in [-0.2, 0) is 19.6 Å². The molecule has 1 amide bonds. The van der Waals surface area contributed by atoms with E-state index in [0.717, 1.165) is 6.42 Å². The summed E-state index contributed by atoms with van der Waals surface area (Å²) in [6, 6.07) is 6.44. The maximum Gasteiger partial charge on any atom is 0.243 e. The average Bonchev–Trinajstić information content (AvgIpc) is 2.72. The second kappa shape index (κ2) is 9.55. The molecule has 0 spiro atoms. The molecule has 0 bridgehead atoms. The van der Waals surface area contributed by atoms with E-state index < -0.39 is 10.0 Å². The van der Waals surface area contributed by atoms with Gasteiger partial charge in [-0.1, -0.05) is 32.8 Å². The number of ether oxygens (including phenoxy) is 1. The number of benzene rings is 1. The zero-order chi connectivity index (χ0) is 21.0. The molecule has 0 unspecified atom stereocenters. The lowest BCUT2D eigenvalue weighted by Gasteiger charge is -2.36. The van der Waals surface area contributed by atoms with E-state index in [1.54, 1.807) is 18.2 Å². The Bertz CT molecular complexity index is 808. The molecule has 1 saturated carbocycles. The Morgan fingerprint density at radius 3 is 2.66 bits per heavy atom. The molecule has 2 fully saturated rings. The summed E-state index contributed by atoms with van der Waals surface area (Å²) in [5, 5.41) is 6.33. The normalized spacial score (nSPS) is 27.3. The van der Waals surface area contributed by atoms with Crippen LogP contribution in [0.15, 0.2) is 29.2 Å². The van der Waals surface area contributed by atoms with Crippen molar-refractivity contribution in [2.75, 3.05) is 31.6 Å². The SMILES string of the molecule is C[C@H]1[C@@H](N[C@@H](C)C(=O)Nc2cccc(S(=O)(=O)N3CCOCC3)c2)CCC[C@@H]1C. The first-order chi connectivity index (χ1) is 13.8. The maximum absolute atomic E-state index is 12.8. The van der Waals surface area contributed by atoms with Gasteiger partial charge < -0.3 is 15.4 Å². The van der Waals surface area contributed by atoms with Crippen LogP contribution >= 0.6 is 0 Å². The molecule has 29 heavy (non-hydrogen) atoms. The van der Waals surface area contributed by atoms with Gasteiger partial charge in [-0.3, -0.25) is 4.79 Å². The Balaban J connectivity index is 1.64. The molecule has 0 aromatic heterocycles. The van der Waals surface area contributed by atoms with Gasteiger partial charge in [0.2, 0.25) is 15.9 Å². The standard InChI is InChI=1S/C21H33N3O4S/c1-15-6-4-9-20(16(15)2)22-17(3)21(25)23-18-7-5-8-19(14-18)29(26,27)24-10-12-28-13-11-24/h5,7-8,14-17,20,22H,4,6,9-13H2,1-3H3,(H,23,25)/t15-,16+,17-,20-/m0/s1. The molecule has 1 saturated heterocycles. The second-order valence-electron chi connectivity index (χ2n) is 8.30. The number of hydrogen-bond donors (Lipinski definition) is 2. The van der Waals surface area contributed by atoms with E-state index in [9.17, 15) is 13.2 Å². The predicted molar refractivity (Wildman–Crippen MR) is 113 cm³/mol. The molecule has 1 aromatic rings. The summed E-state index contributed by atoms with van der Waals surface area (Å²) < 4.78 is 32.3. The van der Waals surface area contributed by atoms with Crippen molar-refractivity contribution >= 4 is 21.6 Å². The van der Waals surface area contributed by atoms with Crippen LogP contribution in [0.5, 0.6) is 0 Å². The van der Waals surface area contributed by atoms with Gasteiger partial charge >= 0.3 is 0 Å². The van der Waals surface area contributed by atoms with Crippen LogP contribution in [0.2, 0.25) is 0 Å². The van der Waals surface area contributed by atoms with Gasteiger partial charge in [0.1, 0.15) is 0 Å². The zero-order valence-electron chi connectivity index (χ0n) is 17.6. The van der Waals surface area contributed by atoms with Crippen molar-refractivity contribution in [3.05, 3.63) is 24.3 Å². The highest BCUT2D eigenvalue weighted by Gasteiger charge is 2.30. The van der Waals surface area contributed by atoms with Crippen LogP contribution in [0.3, 0.4) is 0 Å². The molecule has 3 rings (SSSR count). The van der Waals surface area contributed by atoms with Gasteiger partial charge in [0.15, 0.2) is 0 Å². The molecule has 4 atom stereocenters. The van der Waals surface area contributed by atoms with Crippen molar-refractivity contribution in [3.63, 3.8) is 0 Å². The fourth-order valence-corrected chi connectivity index (χ4v) is 5.59. The summed E-state index contributed by atoms with van der Waals surface area (Å²) in [7, 11) is -3.59. The molecule has 1 aromatic carbocycles. The molecule has 1 aliphatic heterocycles. The van der Waals surface area contributed by atoms with E-state index in [0.29, 0.717) is 49.9 Å². The Morgan fingerprint density at radius 1 is 1.21 bits per heavy atom. The number of nitrogens with zero attached hydrogens (tertiary/aromatic N) is 1. The van der Waals surface area contributed by atoms with E-state index in [-0.39, 0.29) is 16.8 Å². The summed E-state index contributed by atoms with van der Waals surface area (Å²) in [5.74, 6) is 1.02. The monoisotopic (exact) mass is 423 g/mol. The van der Waals surface area contributed by atoms with Gasteiger partial charge in [0.05, 0.1) is 24.2 Å². The fraction of sp³-hybridized carbons (Fsp3) is 0.667. The summed E-state index contributed by atoms with van der Waals surface area (Å²) in [6.07, 6.45) is 3.50. The van der Waals surface area contributed by atoms with Crippen molar-refractivity contribution in [2.24, 2.45) is 11.8 Å². The first kappa shape index (κ1) is 22.2. The minimum Gasteiger partial charge on any atom is -0.379 e. The maximum atomic E-state index is 12.8. The van der Waals surface area contributed by atoms with Crippen molar-refractivity contribution < 1.29 is 17.9 Å². The Kier molecular flexibility index (Phi) is 7.32. The highest BCUT2D eigenvalue weighted by atomic mass is 32.2. The molecule has 2 N–H and O–H groups in total. The van der Waals surface area contributed by atoms with Gasteiger partial charge in [-0.25, -0.2) is 8.42 Å². The number of carbonyl (C=O) groups is 1. The van der Waals surface area contributed by atoms with Crippen molar-refractivity contribution in [2.45, 2.75) is 57.0 Å². The summed E-state index contributed by atoms with van der Waals surface area (Å²) in [4.78, 5) is 12.9. The van der Waals surface area contributed by atoms with Gasteiger partial charge in [-0.15, -0.1) is 0 Å². The van der Waals surface area contributed by atoms with E-state index in [4.69, 9.17) is 4.74 Å². The van der Waals surface area contributed by atoms with Crippen LogP contribution in [0.4, 0.5) is 5.69 Å². The molecule has 2 aliphatic rings. The van der Waals surface area contributed by atoms with Crippen LogP contribution in [-0.4, -0.2) is 57.0 Å². The Labute approximate surface area is 174 Å². The van der Waals surface area contributed by atoms with Gasteiger partial charge in [-0.2, -0.15) is 4.31 Å². The smallest absolute Gasteiger partial charge is 0.243 e. The second-order valence-corrected chi connectivity index (χ2v) is 10.2. The molecule has 162 valence electrons. The first-order valence-corrected chi connectivity index (χ1v) is 12.0. The van der Waals surface area contributed by atoms with Crippen LogP contribution in [0, 0.1) is 11.8 Å². The minimum absolute atomic E-state index is 0.156. The lowest BCUT2D eigenvalue weighted by molar-refractivity contribution is -0.118. The Morgan fingerprint density at radius 2 is 1.93 bits per heavy atom. The van der Waals surface area contributed by atoms with Crippen molar-refractivity contribution in [1.82, 2.24) is 9.62 Å². The molecule has 7 nitrogen and oxygen atoms in total. The average molecular weight is 424 g/mol. The summed E-state index contributed by atoms with van der Waals surface area (Å²) >= 11 is 0. The molecular weight excluding hydrogens is 390 g/mol. The minimum atomic E-state index is -3.59. The Hall–Kier alpha value is -1.48. The lowest BCUT2D eigenvalue weighted by Crippen LogP contribution is -2.49. The van der Waals surface area contributed by atoms with Gasteiger partial charge in [0, 0.05) is 24.8 Å². The number of carbonyl (C=O) groups excluding carboxylic acids is 1. The zero-order valence-corrected chi connectivity index (χ0v) is 18.4. The molecular formula is C21H33N3O4S. The van der Waals surface area contributed by atoms with E-state index in [2.05, 4.69) is 24.5 Å². The number of rotatable bonds is 6. The van der Waals surface area contributed by atoms with E-state index in [1.807, 2.05) is 6.92 Å². The van der Waals surface area contributed by atoms with Crippen LogP contribution in [0.1, 0.15) is 40.0 Å². The fourth-order valence-electron chi connectivity index (χ4n) is 4.13. The molecule has 1 heterocycles. The van der Waals surface area contributed by atoms with Crippen LogP contribution in [0.25, 0.3) is 0 Å². The number of nitrogens with one attached hydrogen (secondary N) is 2. The third-order valence-corrected chi connectivity index (χ3v) is 8.17. The predicted octanol–water partition coefficient (Wildman–Crippen LogP) is 2.45. The van der Waals surface area contributed by atoms with E-state index >= 15 is 0 Å². The largest absolute Gasteiger partial charge is 0.379 e. The molecule has 0 radical (unpaired) electrons. The number of morpholine rings is 1. The van der Waals surface area contributed by atoms with Crippen molar-refractivity contribution in [1.29, 1.82) is 0 Å². The third kappa shape index (κ3) is 5.36. The number of hydrogen-bond acceptors (Lipinski definition) is 5. The summed E-state index contributed by atoms with van der Waals surface area (Å²) in [5.41, 5.74) is 0.489. The highest BCUT2D eigenvalue weighted by Crippen LogP contribution is 2.29. The van der Waals surface area contributed by atoms with Crippen LogP contribution < -0.4 is 10.6 Å². The van der Waals surface area contributed by atoms with Gasteiger partial charge in [0.25, 0.3) is 0 Å². The topological polar surface area (TPSA) is 87.7 Å². The number of anilines is 1. The highest BCUT2D eigenvalue weighted by molar-refractivity contribution is 7.89. The van der Waals surface area contributed by atoms with E-state index in [1.165, 1.54) is 23.2 Å². The number of sulfonamides is 1. The summed E-state index contributed by atoms with van der Waals surface area (Å²) in [6.45, 7) is 7.86. The number of amides is 1. The quantitative estimate of drug-likeness (QED) is 0.734. The molecule has 8 heteroatoms. The van der Waals surface area contributed by atoms with Gasteiger partial charge in [-0.05, 0) is 43.4 Å².